The molecule has 1 heterocycles. The van der Waals surface area contributed by atoms with E-state index in [1.54, 1.807) is 11.8 Å². The third-order valence-corrected chi connectivity index (χ3v) is 4.57. The van der Waals surface area contributed by atoms with Crippen molar-refractivity contribution in [1.29, 1.82) is 0 Å². The summed E-state index contributed by atoms with van der Waals surface area (Å²) in [5.41, 5.74) is 0. The predicted molar refractivity (Wildman–Crippen MR) is 79.4 cm³/mol. The Labute approximate surface area is 120 Å². The van der Waals surface area contributed by atoms with Crippen LogP contribution in [0.3, 0.4) is 0 Å². The van der Waals surface area contributed by atoms with Crippen molar-refractivity contribution >= 4 is 30.1 Å². The van der Waals surface area contributed by atoms with E-state index in [2.05, 4.69) is 17.6 Å². The zero-order chi connectivity index (χ0) is 12.8. The highest BCUT2D eigenvalue weighted by molar-refractivity contribution is 7.99. The molecule has 108 valence electrons. The number of aliphatic hydroxyl groups excluding tert-OH is 1. The molecule has 4 atom stereocenters. The number of hydrogen-bond donors (Lipinski definition) is 3. The molecular formula is C12H25ClN2O2S. The average molecular weight is 297 g/mol. The van der Waals surface area contributed by atoms with Crippen molar-refractivity contribution in [2.45, 2.75) is 44.0 Å². The highest BCUT2D eigenvalue weighted by Gasteiger charge is 2.27. The van der Waals surface area contributed by atoms with E-state index in [9.17, 15) is 9.90 Å². The van der Waals surface area contributed by atoms with Crippen molar-refractivity contribution in [3.63, 3.8) is 0 Å². The number of amides is 1. The van der Waals surface area contributed by atoms with Crippen molar-refractivity contribution in [3.05, 3.63) is 0 Å². The summed E-state index contributed by atoms with van der Waals surface area (Å²) in [6, 6.07) is 0.441. The van der Waals surface area contributed by atoms with Gasteiger partial charge in [0.25, 0.3) is 0 Å². The summed E-state index contributed by atoms with van der Waals surface area (Å²) < 4.78 is 0. The van der Waals surface area contributed by atoms with E-state index in [0.29, 0.717) is 6.04 Å². The fraction of sp³-hybridized carbons (Fsp3) is 0.917. The van der Waals surface area contributed by atoms with Crippen LogP contribution in [0, 0.1) is 5.92 Å². The number of carbonyl (C=O) groups excluding carboxylic acids is 1. The second kappa shape index (κ2) is 9.02. The molecular weight excluding hydrogens is 272 g/mol. The van der Waals surface area contributed by atoms with Gasteiger partial charge in [-0.1, -0.05) is 0 Å². The van der Waals surface area contributed by atoms with E-state index in [1.165, 1.54) is 0 Å². The lowest BCUT2D eigenvalue weighted by molar-refractivity contribution is -0.126. The lowest BCUT2D eigenvalue weighted by Gasteiger charge is -2.29. The zero-order valence-electron chi connectivity index (χ0n) is 11.3. The van der Waals surface area contributed by atoms with E-state index in [1.807, 2.05) is 13.2 Å². The van der Waals surface area contributed by atoms with Crippen LogP contribution < -0.4 is 10.6 Å². The summed E-state index contributed by atoms with van der Waals surface area (Å²) in [6.45, 7) is 5.09. The van der Waals surface area contributed by atoms with Crippen LogP contribution in [0.25, 0.3) is 0 Å². The number of hydrogen-bond acceptors (Lipinski definition) is 4. The summed E-state index contributed by atoms with van der Waals surface area (Å²) >= 11 is 1.59. The van der Waals surface area contributed by atoms with Crippen LogP contribution in [0.5, 0.6) is 0 Å². The van der Waals surface area contributed by atoms with Gasteiger partial charge in [0.05, 0.1) is 6.61 Å². The standard InChI is InChI=1S/C12H24N2O2S.ClH/c1-8-6-10(4-5-13-8)12(16)14-9(2)11(7-15)17-3;/h8-11,13,15H,4-7H2,1-3H3,(H,14,16);1H/t8-,9?,10-,11?;/m0./s1. The smallest absolute Gasteiger partial charge is 0.223 e. The zero-order valence-corrected chi connectivity index (χ0v) is 12.9. The van der Waals surface area contributed by atoms with Gasteiger partial charge in [-0.15, -0.1) is 12.4 Å². The average Bonchev–Trinajstić information content (AvgIpc) is 2.30. The van der Waals surface area contributed by atoms with Gasteiger partial charge in [-0.05, 0) is 39.5 Å². The number of nitrogens with one attached hydrogen (secondary N) is 2. The first-order valence-corrected chi connectivity index (χ1v) is 7.54. The Kier molecular flexibility index (Phi) is 9.03. The van der Waals surface area contributed by atoms with Crippen molar-refractivity contribution in [3.8, 4) is 0 Å². The highest BCUT2D eigenvalue weighted by atomic mass is 35.5. The molecule has 18 heavy (non-hydrogen) atoms. The summed E-state index contributed by atoms with van der Waals surface area (Å²) in [4.78, 5) is 12.1. The van der Waals surface area contributed by atoms with Crippen molar-refractivity contribution in [2.75, 3.05) is 19.4 Å². The SMILES string of the molecule is CSC(CO)C(C)NC(=O)[C@H]1CCN[C@@H](C)C1.Cl. The van der Waals surface area contributed by atoms with Gasteiger partial charge in [0.1, 0.15) is 0 Å². The second-order valence-corrected chi connectivity index (χ2v) is 5.91. The minimum Gasteiger partial charge on any atom is -0.395 e. The second-order valence-electron chi connectivity index (χ2n) is 4.83. The van der Waals surface area contributed by atoms with Gasteiger partial charge in [0.15, 0.2) is 0 Å². The molecule has 6 heteroatoms. The third-order valence-electron chi connectivity index (χ3n) is 3.40. The largest absolute Gasteiger partial charge is 0.395 e. The molecule has 0 spiro atoms. The Morgan fingerprint density at radius 1 is 1.61 bits per heavy atom. The van der Waals surface area contributed by atoms with Crippen LogP contribution in [0.1, 0.15) is 26.7 Å². The molecule has 1 rings (SSSR count). The quantitative estimate of drug-likeness (QED) is 0.709. The number of piperidine rings is 1. The lowest BCUT2D eigenvalue weighted by Crippen LogP contribution is -2.47. The van der Waals surface area contributed by atoms with Gasteiger partial charge >= 0.3 is 0 Å². The molecule has 3 N–H and O–H groups in total. The molecule has 1 aliphatic heterocycles. The number of rotatable bonds is 5. The maximum atomic E-state index is 12.1. The van der Waals surface area contributed by atoms with Crippen LogP contribution in [0.2, 0.25) is 0 Å². The molecule has 1 saturated heterocycles. The van der Waals surface area contributed by atoms with Gasteiger partial charge in [-0.2, -0.15) is 11.8 Å². The Balaban J connectivity index is 0.00000289. The van der Waals surface area contributed by atoms with E-state index >= 15 is 0 Å². The van der Waals surface area contributed by atoms with Crippen LogP contribution in [-0.4, -0.2) is 47.8 Å². The van der Waals surface area contributed by atoms with E-state index in [4.69, 9.17) is 0 Å². The predicted octanol–water partition coefficient (Wildman–Crippen LogP) is 1.02. The summed E-state index contributed by atoms with van der Waals surface area (Å²) in [5.74, 6) is 0.258. The number of thioether (sulfide) groups is 1. The molecule has 1 fully saturated rings. The third kappa shape index (κ3) is 5.34. The number of halogens is 1. The Hall–Kier alpha value is 0.0300. The molecule has 0 aromatic carbocycles. The molecule has 0 aromatic rings. The fourth-order valence-corrected chi connectivity index (χ4v) is 2.87. The minimum absolute atomic E-state index is 0. The van der Waals surface area contributed by atoms with E-state index in [-0.39, 0.29) is 42.1 Å². The normalized spacial score (nSPS) is 26.9. The molecule has 4 nitrogen and oxygen atoms in total. The molecule has 0 aromatic heterocycles. The van der Waals surface area contributed by atoms with Crippen LogP contribution in [0.15, 0.2) is 0 Å². The summed E-state index contributed by atoms with van der Waals surface area (Å²) in [5, 5.41) is 15.6. The van der Waals surface area contributed by atoms with Crippen molar-refractivity contribution < 1.29 is 9.90 Å². The number of aliphatic hydroxyl groups is 1. The molecule has 2 unspecified atom stereocenters. The van der Waals surface area contributed by atoms with Gasteiger partial charge in [-0.3, -0.25) is 4.79 Å². The van der Waals surface area contributed by atoms with Gasteiger partial charge in [0, 0.05) is 23.3 Å². The monoisotopic (exact) mass is 296 g/mol. The van der Waals surface area contributed by atoms with Gasteiger partial charge < -0.3 is 15.7 Å². The van der Waals surface area contributed by atoms with Crippen LogP contribution in [0.4, 0.5) is 0 Å². The maximum Gasteiger partial charge on any atom is 0.223 e. The summed E-state index contributed by atoms with van der Waals surface area (Å²) in [6.07, 6.45) is 3.77. The maximum absolute atomic E-state index is 12.1. The first-order valence-electron chi connectivity index (χ1n) is 6.25. The number of carbonyl (C=O) groups is 1. The first kappa shape index (κ1) is 18.0. The van der Waals surface area contributed by atoms with Crippen molar-refractivity contribution in [2.24, 2.45) is 5.92 Å². The minimum atomic E-state index is 0. The summed E-state index contributed by atoms with van der Waals surface area (Å²) in [7, 11) is 0. The van der Waals surface area contributed by atoms with Crippen LogP contribution >= 0.6 is 24.2 Å². The molecule has 0 radical (unpaired) electrons. The Bertz CT molecular complexity index is 252. The van der Waals surface area contributed by atoms with E-state index < -0.39 is 0 Å². The van der Waals surface area contributed by atoms with Crippen LogP contribution in [-0.2, 0) is 4.79 Å². The molecule has 1 aliphatic rings. The fourth-order valence-electron chi connectivity index (χ4n) is 2.24. The molecule has 0 saturated carbocycles. The highest BCUT2D eigenvalue weighted by Crippen LogP contribution is 2.17. The Morgan fingerprint density at radius 2 is 2.28 bits per heavy atom. The van der Waals surface area contributed by atoms with E-state index in [0.717, 1.165) is 19.4 Å². The molecule has 0 aliphatic carbocycles. The topological polar surface area (TPSA) is 61.4 Å². The van der Waals surface area contributed by atoms with Gasteiger partial charge in [0.2, 0.25) is 5.91 Å². The molecule has 1 amide bonds. The lowest BCUT2D eigenvalue weighted by atomic mass is 9.92. The molecule has 0 bridgehead atoms. The Morgan fingerprint density at radius 3 is 2.78 bits per heavy atom. The van der Waals surface area contributed by atoms with Crippen molar-refractivity contribution in [1.82, 2.24) is 10.6 Å². The van der Waals surface area contributed by atoms with Gasteiger partial charge in [-0.25, -0.2) is 0 Å². The first-order chi connectivity index (χ1) is 8.08.